The van der Waals surface area contributed by atoms with Gasteiger partial charge in [-0.15, -0.1) is 0 Å². The molecule has 0 bridgehead atoms. The molecule has 2 aromatic rings. The molecule has 0 saturated heterocycles. The Hall–Kier alpha value is -2.59. The minimum Gasteiger partial charge on any atom is -0.308 e. The fraction of sp³-hybridized carbons (Fsp3) is 0. The van der Waals surface area contributed by atoms with E-state index >= 15 is 0 Å². The lowest BCUT2D eigenvalue weighted by Gasteiger charge is -2.09. The van der Waals surface area contributed by atoms with Crippen LogP contribution in [0.2, 0.25) is 0 Å². The summed E-state index contributed by atoms with van der Waals surface area (Å²) in [5.41, 5.74) is -0.375. The van der Waals surface area contributed by atoms with E-state index in [1.165, 1.54) is 12.1 Å². The Morgan fingerprint density at radius 1 is 0.913 bits per heavy atom. The predicted octanol–water partition coefficient (Wildman–Crippen LogP) is 2.40. The number of nitrogens with two attached hydrogens (primary N) is 1. The number of benzene rings is 2. The average Bonchev–Trinajstić information content (AvgIpc) is 2.44. The Labute approximate surface area is 129 Å². The van der Waals surface area contributed by atoms with Gasteiger partial charge < -0.3 is 10.6 Å². The zero-order valence-corrected chi connectivity index (χ0v) is 12.1. The maximum atomic E-state index is 13.4. The lowest BCUT2D eigenvalue weighted by atomic mass is 10.3. The molecule has 0 aliphatic carbocycles. The van der Waals surface area contributed by atoms with E-state index in [4.69, 9.17) is 5.14 Å². The molecule has 0 aliphatic heterocycles. The van der Waals surface area contributed by atoms with E-state index in [9.17, 15) is 26.4 Å². The molecule has 0 spiro atoms. The Morgan fingerprint density at radius 3 is 2.04 bits per heavy atom. The van der Waals surface area contributed by atoms with E-state index in [0.29, 0.717) is 12.1 Å². The van der Waals surface area contributed by atoms with Gasteiger partial charge in [-0.25, -0.2) is 31.5 Å². The number of carbonyl (C=O) groups is 1. The van der Waals surface area contributed by atoms with Crippen LogP contribution < -0.4 is 15.8 Å². The summed E-state index contributed by atoms with van der Waals surface area (Å²) in [7, 11) is -3.87. The van der Waals surface area contributed by atoms with E-state index < -0.39 is 39.2 Å². The van der Waals surface area contributed by atoms with E-state index in [1.807, 2.05) is 5.32 Å². The van der Waals surface area contributed by atoms with Gasteiger partial charge in [0, 0.05) is 17.8 Å². The fourth-order valence-corrected chi connectivity index (χ4v) is 2.15. The SMILES string of the molecule is NS(=O)(=O)c1ccc(NC(=O)Nc2cc(F)c(F)cc2F)cc1. The first-order chi connectivity index (χ1) is 10.7. The second-order valence-electron chi connectivity index (χ2n) is 4.39. The summed E-state index contributed by atoms with van der Waals surface area (Å²) in [6.07, 6.45) is 0. The molecule has 10 heteroatoms. The molecule has 0 radical (unpaired) electrons. The van der Waals surface area contributed by atoms with Gasteiger partial charge in [-0.3, -0.25) is 0 Å². The van der Waals surface area contributed by atoms with Crippen LogP contribution in [-0.4, -0.2) is 14.4 Å². The van der Waals surface area contributed by atoms with Crippen molar-refractivity contribution in [2.45, 2.75) is 4.90 Å². The van der Waals surface area contributed by atoms with Crippen molar-refractivity contribution in [1.29, 1.82) is 0 Å². The maximum Gasteiger partial charge on any atom is 0.323 e. The number of nitrogens with one attached hydrogen (secondary N) is 2. The highest BCUT2D eigenvalue weighted by atomic mass is 32.2. The summed E-state index contributed by atoms with van der Waals surface area (Å²) in [5.74, 6) is -3.85. The highest BCUT2D eigenvalue weighted by Crippen LogP contribution is 2.19. The third-order valence-corrected chi connectivity index (χ3v) is 3.63. The lowest BCUT2D eigenvalue weighted by molar-refractivity contribution is 0.262. The number of sulfonamides is 1. The number of amides is 2. The molecule has 0 fully saturated rings. The molecule has 0 saturated carbocycles. The summed E-state index contributed by atoms with van der Waals surface area (Å²) in [5, 5.41) is 9.18. The van der Waals surface area contributed by atoms with Gasteiger partial charge in [-0.2, -0.15) is 0 Å². The van der Waals surface area contributed by atoms with Crippen molar-refractivity contribution in [3.63, 3.8) is 0 Å². The molecule has 23 heavy (non-hydrogen) atoms. The maximum absolute atomic E-state index is 13.4. The van der Waals surface area contributed by atoms with Crippen LogP contribution in [0.4, 0.5) is 29.3 Å². The highest BCUT2D eigenvalue weighted by molar-refractivity contribution is 7.89. The Balaban J connectivity index is 2.10. The first-order valence-corrected chi connectivity index (χ1v) is 7.57. The molecule has 0 aromatic heterocycles. The topological polar surface area (TPSA) is 101 Å². The van der Waals surface area contributed by atoms with Crippen LogP contribution in [0.1, 0.15) is 0 Å². The van der Waals surface area contributed by atoms with Crippen molar-refractivity contribution in [3.8, 4) is 0 Å². The Morgan fingerprint density at radius 2 is 1.48 bits per heavy atom. The molecular formula is C13H10F3N3O3S. The van der Waals surface area contributed by atoms with Gasteiger partial charge >= 0.3 is 6.03 Å². The molecule has 6 nitrogen and oxygen atoms in total. The van der Waals surface area contributed by atoms with Crippen molar-refractivity contribution < 1.29 is 26.4 Å². The van der Waals surface area contributed by atoms with Gasteiger partial charge in [0.25, 0.3) is 0 Å². The molecule has 0 aliphatic rings. The van der Waals surface area contributed by atoms with Gasteiger partial charge in [0.05, 0.1) is 10.6 Å². The highest BCUT2D eigenvalue weighted by Gasteiger charge is 2.13. The number of halogens is 3. The Kier molecular flexibility index (Phi) is 4.57. The van der Waals surface area contributed by atoms with Crippen LogP contribution in [0.3, 0.4) is 0 Å². The van der Waals surface area contributed by atoms with Crippen LogP contribution >= 0.6 is 0 Å². The molecule has 0 atom stereocenters. The largest absolute Gasteiger partial charge is 0.323 e. The predicted molar refractivity (Wildman–Crippen MR) is 76.8 cm³/mol. The van der Waals surface area contributed by atoms with E-state index in [0.717, 1.165) is 12.1 Å². The molecule has 2 amide bonds. The minimum atomic E-state index is -3.87. The first-order valence-electron chi connectivity index (χ1n) is 6.02. The van der Waals surface area contributed by atoms with Crippen molar-refractivity contribution in [2.75, 3.05) is 10.6 Å². The van der Waals surface area contributed by atoms with Crippen LogP contribution in [0, 0.1) is 17.5 Å². The second kappa shape index (κ2) is 6.26. The normalized spacial score (nSPS) is 11.1. The molecule has 122 valence electrons. The number of hydrogen-bond acceptors (Lipinski definition) is 3. The number of hydrogen-bond donors (Lipinski definition) is 3. The van der Waals surface area contributed by atoms with Gasteiger partial charge in [0.2, 0.25) is 10.0 Å². The van der Waals surface area contributed by atoms with Crippen molar-refractivity contribution in [1.82, 2.24) is 0 Å². The quantitative estimate of drug-likeness (QED) is 0.745. The lowest BCUT2D eigenvalue weighted by Crippen LogP contribution is -2.20. The third-order valence-electron chi connectivity index (χ3n) is 2.70. The minimum absolute atomic E-state index is 0.157. The molecular weight excluding hydrogens is 335 g/mol. The fourth-order valence-electron chi connectivity index (χ4n) is 1.63. The van der Waals surface area contributed by atoms with E-state index in [1.54, 1.807) is 0 Å². The third kappa shape index (κ3) is 4.20. The van der Waals surface area contributed by atoms with Crippen LogP contribution in [0.15, 0.2) is 41.3 Å². The number of anilines is 2. The van der Waals surface area contributed by atoms with E-state index in [-0.39, 0.29) is 10.6 Å². The van der Waals surface area contributed by atoms with Crippen molar-refractivity contribution >= 4 is 27.4 Å². The van der Waals surface area contributed by atoms with Gasteiger partial charge in [0.15, 0.2) is 11.6 Å². The molecule has 4 N–H and O–H groups in total. The summed E-state index contributed by atoms with van der Waals surface area (Å²) in [6, 6.07) is 4.67. The summed E-state index contributed by atoms with van der Waals surface area (Å²) >= 11 is 0. The average molecular weight is 345 g/mol. The number of primary sulfonamides is 1. The van der Waals surface area contributed by atoms with Crippen molar-refractivity contribution in [2.24, 2.45) is 5.14 Å². The molecule has 2 aromatic carbocycles. The first kappa shape index (κ1) is 16.8. The van der Waals surface area contributed by atoms with Crippen LogP contribution in [0.5, 0.6) is 0 Å². The Bertz CT molecular complexity index is 855. The van der Waals surface area contributed by atoms with Gasteiger partial charge in [-0.05, 0) is 24.3 Å². The standard InChI is InChI=1S/C13H10F3N3O3S/c14-9-5-11(16)12(6-10(9)15)19-13(20)18-7-1-3-8(4-2-7)23(17,21)22/h1-6H,(H2,17,21,22)(H2,18,19,20). The zero-order valence-electron chi connectivity index (χ0n) is 11.3. The van der Waals surface area contributed by atoms with E-state index in [2.05, 4.69) is 5.32 Å². The monoisotopic (exact) mass is 345 g/mol. The van der Waals surface area contributed by atoms with Crippen LogP contribution in [0.25, 0.3) is 0 Å². The second-order valence-corrected chi connectivity index (χ2v) is 5.96. The number of urea groups is 1. The van der Waals surface area contributed by atoms with Crippen molar-refractivity contribution in [3.05, 3.63) is 53.8 Å². The number of rotatable bonds is 3. The van der Waals surface area contributed by atoms with Gasteiger partial charge in [-0.1, -0.05) is 0 Å². The van der Waals surface area contributed by atoms with Gasteiger partial charge in [0.1, 0.15) is 5.82 Å². The summed E-state index contributed by atoms with van der Waals surface area (Å²) in [6.45, 7) is 0. The molecule has 0 unspecified atom stereocenters. The summed E-state index contributed by atoms with van der Waals surface area (Å²) < 4.78 is 61.3. The zero-order chi connectivity index (χ0) is 17.2. The van der Waals surface area contributed by atoms with Crippen LogP contribution in [-0.2, 0) is 10.0 Å². The number of carbonyl (C=O) groups excluding carboxylic acids is 1. The molecule has 2 rings (SSSR count). The summed E-state index contributed by atoms with van der Waals surface area (Å²) in [4.78, 5) is 11.5. The smallest absolute Gasteiger partial charge is 0.308 e. The molecule has 0 heterocycles.